The van der Waals surface area contributed by atoms with Gasteiger partial charge in [-0.25, -0.2) is 0 Å². The molecule has 4 aliphatic heterocycles. The zero-order valence-electron chi connectivity index (χ0n) is 130. The van der Waals surface area contributed by atoms with Crippen LogP contribution >= 0.6 is 0 Å². The lowest BCUT2D eigenvalue weighted by Crippen LogP contribution is -2.42. The summed E-state index contributed by atoms with van der Waals surface area (Å²) in [5.41, 5.74) is -2.59. The Morgan fingerprint density at radius 2 is 0.759 bits per heavy atom. The van der Waals surface area contributed by atoms with Gasteiger partial charge in [0.1, 0.15) is 48.8 Å². The molecule has 116 heavy (non-hydrogen) atoms. The minimum atomic E-state index is -4.33. The summed E-state index contributed by atoms with van der Waals surface area (Å²) in [4.78, 5) is 102. The van der Waals surface area contributed by atoms with Gasteiger partial charge in [-0.05, 0) is 196 Å². The lowest BCUT2D eigenvalue weighted by molar-refractivity contribution is -0.162. The van der Waals surface area contributed by atoms with E-state index in [1.165, 1.54) is 34.6 Å². The molecule has 0 bridgehead atoms. The highest BCUT2D eigenvalue weighted by atomic mass is 16.6. The van der Waals surface area contributed by atoms with E-state index < -0.39 is 440 Å². The third kappa shape index (κ3) is 25.8. The summed E-state index contributed by atoms with van der Waals surface area (Å²) in [7, 11) is 0. The molecule has 648 valence electrons. The summed E-state index contributed by atoms with van der Waals surface area (Å²) in [6.45, 7) is -19.6. The quantitative estimate of drug-likeness (QED) is 0.0418. The van der Waals surface area contributed by atoms with Gasteiger partial charge in [-0.2, -0.15) is 0 Å². The standard InChI is InChI=1S/4C24H36O5/c4*1-5-15(3)24(27)29-21-11-14(2)10-17-7-6-16(4)20(23(17)21)9-8-19-12-18(25)13-22(26)28-19/h4*6-7,10,14-16,18-21,23,25H,5,8-9,11-13H2,1-4H3/t3*14-,15-,16-,18+,19?,20-,21?,23-;14-,15-,16-,18+,19?,20-,21-,23-/m0000/s1/i1D3,2D3,3D3,5D2,6D,7D,10D,11D2,14D,15D,16D,25D;1D3,2D3,5D2,6D,7D,10D,11D2,14D,15D,16D,25D;2D3,3D3,6D,7D,10D,11D2,14D,15D,16D,25D;2D3,6D,7D,10D,11D2,13D2,14D,16D,25D. The maximum atomic E-state index is 13.8. The molecule has 8 aliphatic carbocycles. The first-order valence-electron chi connectivity index (χ1n) is 70.5. The van der Waals surface area contributed by atoms with E-state index in [0.717, 1.165) is 6.92 Å². The van der Waals surface area contributed by atoms with Crippen LogP contribution in [-0.4, -0.2) is 147 Å². The number of esters is 8. The zero-order valence-corrected chi connectivity index (χ0v) is 65.3. The van der Waals surface area contributed by atoms with Gasteiger partial charge in [0.15, 0.2) is 0 Å². The van der Waals surface area contributed by atoms with Crippen LogP contribution in [-0.2, 0) is 76.3 Å². The summed E-state index contributed by atoms with van der Waals surface area (Å²) in [6.07, 6.45) is -44.2. The average molecular weight is 1680 g/mol. The molecule has 4 N–H and O–H groups in total. The number of aliphatic hydroxyl groups is 4. The predicted molar refractivity (Wildman–Crippen MR) is 443 cm³/mol. The van der Waals surface area contributed by atoms with E-state index in [9.17, 15) is 38.4 Å². The topological polar surface area (TPSA) is 291 Å². The number of hydrogen-bond donors (Lipinski definition) is 4. The molecule has 0 saturated carbocycles. The number of rotatable bonds is 28. The van der Waals surface area contributed by atoms with Gasteiger partial charge >= 0.3 is 47.8 Å². The molecule has 0 spiro atoms. The van der Waals surface area contributed by atoms with Crippen molar-refractivity contribution in [2.75, 3.05) is 0 Å². The minimum absolute atomic E-state index is 0.0146. The van der Waals surface area contributed by atoms with Crippen molar-refractivity contribution < 1.29 is 180 Å². The SMILES string of the molecule is [2H]O[C@@H]1CC(CC[C@@H]2[C@@H]3C(=C([2H])[C@]([2H])(C([2H])([2H])[2H])C([2H])([2H])[C@@H]3OC(=O)[C@@H](C)CC)C([2H])=C([2H])[C@]2([2H])C)OC(=O)C1([2H])[2H].[2H]O[C@H]1CC(=O)OC(CC[C@@H]2[C@@H]3C(=C([2H])[C@]([2H])(C([2H])([2H])[2H])C([2H])([2H])C3OC(=O)[C@@]([2H])(C([2H])([2H])[2H])C([2H])([2H])C([2H])([2H])[2H])C([2H])=C([2H])[C@]2([2H])C)C1.[2H]O[C@H]1CC(=O)OC(CC[C@@H]2[C@@H]3C(=C([2H])[C@]([2H])(C([2H])([2H])[2H])C([2H])([2H])C3OC(=O)[C@@]([2H])(C)C([2H])([2H])C([2H])([2H])[2H])C([2H])=C([2H])[C@]2([2H])C)C1.[2H]O[C@H]1CC(=O)OC(CC[C@@H]2[C@@H]3C(=C([2H])[C@]([2H])(C([2H])([2H])[2H])C([2H])([2H])C3OC(=O)[C@]([2H])(CC)C([2H])([2H])[2H])C([2H])=C([2H])[C@]2([2H])C)C1. The van der Waals surface area contributed by atoms with Crippen LogP contribution in [0.3, 0.4) is 0 Å². The van der Waals surface area contributed by atoms with E-state index >= 15 is 0 Å². The highest BCUT2D eigenvalue weighted by Gasteiger charge is 2.48. The van der Waals surface area contributed by atoms with Crippen LogP contribution in [0.1, 0.15) is 348 Å². The van der Waals surface area contributed by atoms with Gasteiger partial charge in [0.25, 0.3) is 0 Å². The maximum absolute atomic E-state index is 13.8. The van der Waals surface area contributed by atoms with Gasteiger partial charge in [-0.3, -0.25) is 38.4 Å². The lowest BCUT2D eigenvalue weighted by Gasteiger charge is -2.43. The van der Waals surface area contributed by atoms with E-state index in [0.29, 0.717) is 6.92 Å². The Hall–Kier alpha value is -6.48. The predicted octanol–water partition coefficient (Wildman–Crippen LogP) is 16.8. The van der Waals surface area contributed by atoms with E-state index in [-0.39, 0.29) is 103 Å². The second-order valence-corrected chi connectivity index (χ2v) is 29.9. The Morgan fingerprint density at radius 1 is 0.457 bits per heavy atom. The normalized spacial score (nSPS) is 56.2. The monoisotopic (exact) mass is 1680 g/mol. The molecule has 0 aromatic carbocycles. The van der Waals surface area contributed by atoms with Crippen LogP contribution in [0.25, 0.3) is 0 Å². The van der Waals surface area contributed by atoms with Crippen molar-refractivity contribution in [1.82, 2.24) is 0 Å². The van der Waals surface area contributed by atoms with Gasteiger partial charge in [0.2, 0.25) is 5.72 Å². The second kappa shape index (κ2) is 43.7. The van der Waals surface area contributed by atoms with Crippen molar-refractivity contribution in [2.24, 2.45) is 118 Å². The first-order chi connectivity index (χ1) is 81.2. The largest absolute Gasteiger partial charge is 0.462 e. The highest BCUT2D eigenvalue weighted by molar-refractivity contribution is 5.75. The number of aliphatic hydroxyl groups excluding tert-OH is 4. The third-order valence-electron chi connectivity index (χ3n) is 21.6. The first-order valence-corrected chi connectivity index (χ1v) is 38.4. The fourth-order valence-electron chi connectivity index (χ4n) is 15.3. The van der Waals surface area contributed by atoms with E-state index in [1.54, 1.807) is 6.92 Å². The van der Waals surface area contributed by atoms with Crippen LogP contribution in [0.4, 0.5) is 0 Å². The molecule has 4 fully saturated rings. The Balaban J connectivity index is 0.000000264. The Bertz CT molecular complexity index is 6620. The summed E-state index contributed by atoms with van der Waals surface area (Å²) in [5, 5.41) is 18.0. The molecule has 4 heterocycles. The molecular weight excluding hydrogens is 1470 g/mol. The fourth-order valence-corrected chi connectivity index (χ4v) is 15.3. The fraction of sp³-hybridized carbons (Fsp3) is 0.750. The molecule has 0 radical (unpaired) electrons. The van der Waals surface area contributed by atoms with Crippen molar-refractivity contribution in [3.8, 4) is 0 Å². The number of allylic oxidation sites excluding steroid dienone is 12. The molecule has 32 atom stereocenters. The molecule has 0 amide bonds. The van der Waals surface area contributed by atoms with E-state index in [2.05, 4.69) is 20.4 Å². The summed E-state index contributed by atoms with van der Waals surface area (Å²) >= 11 is 0. The van der Waals surface area contributed by atoms with Crippen molar-refractivity contribution in [3.63, 3.8) is 0 Å². The van der Waals surface area contributed by atoms with Crippen LogP contribution < -0.4 is 0 Å². The number of fused-ring (bicyclic) bond motifs is 4. The molecule has 0 aromatic rings. The number of cyclic esters (lactones) is 4. The summed E-state index contributed by atoms with van der Waals surface area (Å²) < 4.78 is 579. The number of carbonyl (C=O) groups is 8. The van der Waals surface area contributed by atoms with Crippen molar-refractivity contribution >= 4 is 47.8 Å². The second-order valence-electron chi connectivity index (χ2n) is 29.9. The molecule has 12 aliphatic rings. The summed E-state index contributed by atoms with van der Waals surface area (Å²) in [6, 6.07) is -11.1. The Kier molecular flexibility index (Phi) is 14.6. The third-order valence-corrected chi connectivity index (χ3v) is 21.6. The molecule has 4 saturated heterocycles. The van der Waals surface area contributed by atoms with Crippen molar-refractivity contribution in [1.29, 1.82) is 5.72 Å². The highest BCUT2D eigenvalue weighted by Crippen LogP contribution is 2.51. The van der Waals surface area contributed by atoms with E-state index in [4.69, 9.17) is 127 Å². The lowest BCUT2D eigenvalue weighted by atomic mass is 9.65. The van der Waals surface area contributed by atoms with Gasteiger partial charge < -0.3 is 58.3 Å². The van der Waals surface area contributed by atoms with Gasteiger partial charge in [0.05, 0.1) is 90.1 Å². The Labute approximate surface area is 784 Å². The molecule has 20 nitrogen and oxygen atoms in total. The van der Waals surface area contributed by atoms with Gasteiger partial charge in [0, 0.05) is 117 Å². The van der Waals surface area contributed by atoms with Crippen LogP contribution in [0.15, 0.2) is 94.9 Å². The molecule has 20 heteroatoms. The van der Waals surface area contributed by atoms with Crippen LogP contribution in [0, 0.1) is 118 Å². The first kappa shape index (κ1) is 38.7. The molecule has 0 aromatic heterocycles. The van der Waals surface area contributed by atoms with E-state index in [1.807, 2.05) is 0 Å². The van der Waals surface area contributed by atoms with Crippen molar-refractivity contribution in [3.05, 3.63) is 94.9 Å². The van der Waals surface area contributed by atoms with Gasteiger partial charge in [-0.1, -0.05) is 183 Å². The minimum Gasteiger partial charge on any atom is -0.462 e. The smallest absolute Gasteiger partial charge is 0.308 e. The number of hydrogen-bond acceptors (Lipinski definition) is 20. The molecule has 7 unspecified atom stereocenters. The van der Waals surface area contributed by atoms with Crippen LogP contribution in [0.5, 0.6) is 0 Å². The average Bonchev–Trinajstić information content (AvgIpc) is 0.688. The summed E-state index contributed by atoms with van der Waals surface area (Å²) in [5.74, 6) is -56.6. The number of carbonyl (C=O) groups excluding carboxylic acids is 8. The maximum Gasteiger partial charge on any atom is 0.308 e. The number of ether oxygens (including phenoxy) is 8. The zero-order chi connectivity index (χ0) is 140. The van der Waals surface area contributed by atoms with Crippen LogP contribution in [0.2, 0.25) is 0 Å². The molecule has 12 rings (SSSR count). The van der Waals surface area contributed by atoms with Crippen molar-refractivity contribution in [2.45, 2.75) is 337 Å². The van der Waals surface area contributed by atoms with Gasteiger partial charge in [-0.15, -0.1) is 0 Å². The Morgan fingerprint density at radius 3 is 1.06 bits per heavy atom. The molecular formula is C96H144O20.